The molecule has 0 aliphatic rings. The summed E-state index contributed by atoms with van der Waals surface area (Å²) in [6.07, 6.45) is 2.30. The van der Waals surface area contributed by atoms with E-state index in [-0.39, 0.29) is 6.42 Å². The number of nitrogens with two attached hydrogens (primary N) is 3. The third kappa shape index (κ3) is 6.39. The molecule has 8 N–H and O–H groups in total. The molecule has 33 heavy (non-hydrogen) atoms. The number of hydrogen-bond acceptors (Lipinski definition) is 8. The standard InChI is InChI=1S/C23H26N4O6/c24-17(22(30)32-12-19(26)21(28)29)9-13-5-7-15(8-6-13)33-23(31)18(25)10-14-11-27-20-4-2-1-3-16(14)20/h1-8,11,17-19,27H,9-10,12,24-26H2,(H,28,29)/t17-,18-,19-/m0/s1. The van der Waals surface area contributed by atoms with E-state index < -0.39 is 42.6 Å². The molecule has 174 valence electrons. The molecule has 0 amide bonds. The molecule has 1 heterocycles. The first-order valence-corrected chi connectivity index (χ1v) is 10.3. The molecule has 1 aromatic heterocycles. The van der Waals surface area contributed by atoms with E-state index in [1.54, 1.807) is 24.3 Å². The van der Waals surface area contributed by atoms with Crippen molar-refractivity contribution in [2.75, 3.05) is 6.61 Å². The fraction of sp³-hybridized carbons (Fsp3) is 0.261. The van der Waals surface area contributed by atoms with E-state index in [0.29, 0.717) is 17.7 Å². The van der Waals surface area contributed by atoms with Gasteiger partial charge in [0.15, 0.2) is 0 Å². The van der Waals surface area contributed by atoms with E-state index in [1.807, 2.05) is 30.5 Å². The first-order valence-electron chi connectivity index (χ1n) is 10.3. The number of carbonyl (C=O) groups is 3. The number of carboxylic acids is 1. The fourth-order valence-electron chi connectivity index (χ4n) is 3.19. The van der Waals surface area contributed by atoms with Crippen LogP contribution in [0.1, 0.15) is 11.1 Å². The molecule has 0 aliphatic heterocycles. The first-order chi connectivity index (χ1) is 15.7. The van der Waals surface area contributed by atoms with Gasteiger partial charge < -0.3 is 36.8 Å². The summed E-state index contributed by atoms with van der Waals surface area (Å²) in [7, 11) is 0. The van der Waals surface area contributed by atoms with Gasteiger partial charge in [-0.1, -0.05) is 30.3 Å². The summed E-state index contributed by atoms with van der Waals surface area (Å²) in [4.78, 5) is 38.1. The molecule has 0 fully saturated rings. The van der Waals surface area contributed by atoms with Gasteiger partial charge in [-0.05, 0) is 35.7 Å². The highest BCUT2D eigenvalue weighted by molar-refractivity contribution is 5.85. The molecular formula is C23H26N4O6. The average Bonchev–Trinajstić information content (AvgIpc) is 3.21. The predicted octanol–water partition coefficient (Wildman–Crippen LogP) is 0.468. The number of para-hydroxylation sites is 1. The van der Waals surface area contributed by atoms with Crippen LogP contribution in [0.2, 0.25) is 0 Å². The van der Waals surface area contributed by atoms with Crippen molar-refractivity contribution in [3.05, 3.63) is 65.9 Å². The van der Waals surface area contributed by atoms with Crippen LogP contribution in [0.3, 0.4) is 0 Å². The number of ether oxygens (including phenoxy) is 2. The van der Waals surface area contributed by atoms with Gasteiger partial charge in [-0.3, -0.25) is 9.59 Å². The van der Waals surface area contributed by atoms with Crippen molar-refractivity contribution < 1.29 is 29.0 Å². The van der Waals surface area contributed by atoms with Gasteiger partial charge >= 0.3 is 17.9 Å². The molecule has 3 rings (SSSR count). The van der Waals surface area contributed by atoms with E-state index in [9.17, 15) is 14.4 Å². The van der Waals surface area contributed by atoms with Gasteiger partial charge in [-0.15, -0.1) is 0 Å². The topological polar surface area (TPSA) is 184 Å². The predicted molar refractivity (Wildman–Crippen MR) is 120 cm³/mol. The molecule has 2 aromatic carbocycles. The van der Waals surface area contributed by atoms with Gasteiger partial charge in [0.25, 0.3) is 0 Å². The summed E-state index contributed by atoms with van der Waals surface area (Å²) in [5.74, 6) is -2.29. The third-order valence-corrected chi connectivity index (χ3v) is 5.04. The second-order valence-corrected chi connectivity index (χ2v) is 7.62. The van der Waals surface area contributed by atoms with E-state index in [4.69, 9.17) is 31.8 Å². The lowest BCUT2D eigenvalue weighted by molar-refractivity contribution is -0.149. The van der Waals surface area contributed by atoms with Gasteiger partial charge in [-0.2, -0.15) is 0 Å². The van der Waals surface area contributed by atoms with Crippen LogP contribution in [0.5, 0.6) is 5.75 Å². The number of rotatable bonds is 10. The molecule has 10 heteroatoms. The molecular weight excluding hydrogens is 428 g/mol. The lowest BCUT2D eigenvalue weighted by Crippen LogP contribution is -2.40. The Morgan fingerprint density at radius 2 is 1.55 bits per heavy atom. The number of aromatic nitrogens is 1. The number of aliphatic carboxylic acids is 1. The Hall–Kier alpha value is -3.73. The first kappa shape index (κ1) is 23.9. The van der Waals surface area contributed by atoms with Crippen molar-refractivity contribution in [1.82, 2.24) is 4.98 Å². The van der Waals surface area contributed by atoms with Gasteiger partial charge in [0.2, 0.25) is 0 Å². The van der Waals surface area contributed by atoms with Crippen LogP contribution in [0.25, 0.3) is 10.9 Å². The second-order valence-electron chi connectivity index (χ2n) is 7.62. The Morgan fingerprint density at radius 1 is 0.879 bits per heavy atom. The zero-order chi connectivity index (χ0) is 24.0. The highest BCUT2D eigenvalue weighted by atomic mass is 16.5. The summed E-state index contributed by atoms with van der Waals surface area (Å²) >= 11 is 0. The quantitative estimate of drug-likeness (QED) is 0.214. The fourth-order valence-corrected chi connectivity index (χ4v) is 3.19. The summed E-state index contributed by atoms with van der Waals surface area (Å²) < 4.78 is 10.2. The number of esters is 2. The molecule has 0 bridgehead atoms. The summed E-state index contributed by atoms with van der Waals surface area (Å²) in [5.41, 5.74) is 19.7. The number of hydrogen-bond donors (Lipinski definition) is 5. The second kappa shape index (κ2) is 10.7. The number of carboxylic acid groups (broad SMARTS) is 1. The maximum absolute atomic E-state index is 12.4. The van der Waals surface area contributed by atoms with Crippen LogP contribution in [0.4, 0.5) is 0 Å². The van der Waals surface area contributed by atoms with Gasteiger partial charge in [-0.25, -0.2) is 4.79 Å². The van der Waals surface area contributed by atoms with Crippen molar-refractivity contribution in [1.29, 1.82) is 0 Å². The van der Waals surface area contributed by atoms with Crippen LogP contribution in [0.15, 0.2) is 54.7 Å². The summed E-state index contributed by atoms with van der Waals surface area (Å²) in [6.45, 7) is -0.463. The smallest absolute Gasteiger partial charge is 0.328 e. The normalized spacial score (nSPS) is 13.8. The maximum atomic E-state index is 12.4. The molecule has 10 nitrogen and oxygen atoms in total. The Bertz CT molecular complexity index is 1130. The molecule has 0 radical (unpaired) electrons. The summed E-state index contributed by atoms with van der Waals surface area (Å²) in [6, 6.07) is 11.1. The Morgan fingerprint density at radius 3 is 2.24 bits per heavy atom. The van der Waals surface area contributed by atoms with Gasteiger partial charge in [0.1, 0.15) is 30.5 Å². The Kier molecular flexibility index (Phi) is 7.78. The van der Waals surface area contributed by atoms with E-state index in [1.165, 1.54) is 0 Å². The Balaban J connectivity index is 1.50. The number of nitrogens with one attached hydrogen (secondary N) is 1. The minimum atomic E-state index is -1.31. The van der Waals surface area contributed by atoms with E-state index >= 15 is 0 Å². The minimum Gasteiger partial charge on any atom is -0.480 e. The zero-order valence-electron chi connectivity index (χ0n) is 17.8. The highest BCUT2D eigenvalue weighted by Gasteiger charge is 2.21. The lowest BCUT2D eigenvalue weighted by atomic mass is 10.1. The Labute approximate surface area is 189 Å². The molecule has 0 spiro atoms. The highest BCUT2D eigenvalue weighted by Crippen LogP contribution is 2.20. The van der Waals surface area contributed by atoms with Crippen molar-refractivity contribution in [2.24, 2.45) is 17.2 Å². The maximum Gasteiger partial charge on any atom is 0.328 e. The van der Waals surface area contributed by atoms with E-state index in [0.717, 1.165) is 16.5 Å². The van der Waals surface area contributed by atoms with Gasteiger partial charge in [0, 0.05) is 23.5 Å². The molecule has 3 atom stereocenters. The van der Waals surface area contributed by atoms with Crippen LogP contribution >= 0.6 is 0 Å². The number of carbonyl (C=O) groups excluding carboxylic acids is 2. The third-order valence-electron chi connectivity index (χ3n) is 5.04. The largest absolute Gasteiger partial charge is 0.480 e. The number of fused-ring (bicyclic) bond motifs is 1. The van der Waals surface area contributed by atoms with Crippen molar-refractivity contribution in [2.45, 2.75) is 31.0 Å². The van der Waals surface area contributed by atoms with Crippen molar-refractivity contribution >= 4 is 28.8 Å². The van der Waals surface area contributed by atoms with Crippen LogP contribution in [0, 0.1) is 0 Å². The molecule has 0 saturated heterocycles. The monoisotopic (exact) mass is 454 g/mol. The van der Waals surface area contributed by atoms with Crippen LogP contribution in [-0.2, 0) is 32.0 Å². The lowest BCUT2D eigenvalue weighted by Gasteiger charge is -2.14. The van der Waals surface area contributed by atoms with Crippen LogP contribution in [-0.4, -0.2) is 52.7 Å². The van der Waals surface area contributed by atoms with Crippen LogP contribution < -0.4 is 21.9 Å². The molecule has 0 saturated carbocycles. The zero-order valence-corrected chi connectivity index (χ0v) is 17.8. The molecule has 0 aliphatic carbocycles. The number of H-pyrrole nitrogens is 1. The summed E-state index contributed by atoms with van der Waals surface area (Å²) in [5, 5.41) is 9.71. The number of benzene rings is 2. The molecule has 0 unspecified atom stereocenters. The SMILES string of the molecule is N[C@@H](COC(=O)[C@@H](N)Cc1ccc(OC(=O)[C@@H](N)Cc2c[nH]c3ccccc23)cc1)C(=O)O. The average molecular weight is 454 g/mol. The number of aromatic amines is 1. The molecule has 3 aromatic rings. The van der Waals surface area contributed by atoms with Crippen molar-refractivity contribution in [3.8, 4) is 5.75 Å². The van der Waals surface area contributed by atoms with Crippen molar-refractivity contribution in [3.63, 3.8) is 0 Å². The minimum absolute atomic E-state index is 0.148. The van der Waals surface area contributed by atoms with E-state index in [2.05, 4.69) is 4.98 Å². The van der Waals surface area contributed by atoms with Gasteiger partial charge in [0.05, 0.1) is 0 Å².